The van der Waals surface area contributed by atoms with Crippen LogP contribution in [0, 0.1) is 23.3 Å². The highest BCUT2D eigenvalue weighted by molar-refractivity contribution is 7.79. The average molecular weight is 411 g/mol. The van der Waals surface area contributed by atoms with Crippen molar-refractivity contribution in [3.8, 4) is 11.1 Å². The molecule has 4 rings (SSSR count). The van der Waals surface area contributed by atoms with E-state index in [0.29, 0.717) is 10.6 Å². The summed E-state index contributed by atoms with van der Waals surface area (Å²) in [5, 5.41) is 0.578. The molecule has 1 aromatic heterocycles. The summed E-state index contributed by atoms with van der Waals surface area (Å²) in [6, 6.07) is 19.8. The second-order valence-electron chi connectivity index (χ2n) is 6.22. The normalized spacial score (nSPS) is 11.1. The first kappa shape index (κ1) is 19.3. The van der Waals surface area contributed by atoms with Crippen LogP contribution in [0.15, 0.2) is 85.2 Å². The van der Waals surface area contributed by atoms with Crippen LogP contribution in [0.25, 0.3) is 11.1 Å². The molecule has 0 bridgehead atoms. The van der Waals surface area contributed by atoms with Gasteiger partial charge in [-0.2, -0.15) is 0 Å². The van der Waals surface area contributed by atoms with E-state index in [1.165, 1.54) is 24.5 Å². The van der Waals surface area contributed by atoms with Gasteiger partial charge in [-0.15, -0.1) is 0 Å². The Morgan fingerprint density at radius 2 is 1.00 bits per heavy atom. The van der Waals surface area contributed by atoms with Gasteiger partial charge in [0.1, 0.15) is 0 Å². The maximum absolute atomic E-state index is 15.2. The molecule has 0 aliphatic heterocycles. The molecule has 0 aliphatic rings. The van der Waals surface area contributed by atoms with Crippen molar-refractivity contribution in [2.75, 3.05) is 0 Å². The minimum atomic E-state index is -1.84. The van der Waals surface area contributed by atoms with E-state index in [-0.39, 0.29) is 5.56 Å². The zero-order valence-electron chi connectivity index (χ0n) is 15.0. The summed E-state index contributed by atoms with van der Waals surface area (Å²) in [7, 11) is -1.84. The van der Waals surface area contributed by atoms with Crippen LogP contribution in [-0.4, -0.2) is 4.98 Å². The SMILES string of the molecule is Fc1c(F)c(P(c2ccccc2)c2ccccc2)c(F)c(F)c1-c1ccncc1. The molecule has 0 atom stereocenters. The summed E-state index contributed by atoms with van der Waals surface area (Å²) < 4.78 is 60.4. The Balaban J connectivity index is 2.00. The number of nitrogens with zero attached hydrogens (tertiary/aromatic N) is 1. The predicted octanol–water partition coefficient (Wildman–Crippen LogP) is 5.06. The topological polar surface area (TPSA) is 12.9 Å². The third-order valence-electron chi connectivity index (χ3n) is 4.46. The summed E-state index contributed by atoms with van der Waals surface area (Å²) in [5.41, 5.74) is -0.717. The van der Waals surface area contributed by atoms with Crippen LogP contribution in [-0.2, 0) is 0 Å². The number of halogens is 4. The van der Waals surface area contributed by atoms with Gasteiger partial charge in [0, 0.05) is 12.4 Å². The van der Waals surface area contributed by atoms with Crippen LogP contribution in [0.4, 0.5) is 17.6 Å². The van der Waals surface area contributed by atoms with Crippen molar-refractivity contribution in [3.05, 3.63) is 108 Å². The standard InChI is InChI=1S/C23H14F4NP/c24-19-18(15-11-13-28-14-12-15)20(25)22(27)23(21(19)26)29(16-7-3-1-4-8-16)17-9-5-2-6-10-17/h1-14H. The van der Waals surface area contributed by atoms with E-state index in [1.807, 2.05) is 0 Å². The van der Waals surface area contributed by atoms with E-state index in [4.69, 9.17) is 0 Å². The molecule has 29 heavy (non-hydrogen) atoms. The molecular weight excluding hydrogens is 397 g/mol. The van der Waals surface area contributed by atoms with Crippen LogP contribution in [0.2, 0.25) is 0 Å². The zero-order chi connectivity index (χ0) is 20.4. The Morgan fingerprint density at radius 1 is 0.552 bits per heavy atom. The molecular formula is C23H14F4NP. The van der Waals surface area contributed by atoms with Gasteiger partial charge in [-0.3, -0.25) is 4.98 Å². The van der Waals surface area contributed by atoms with Crippen molar-refractivity contribution < 1.29 is 17.6 Å². The van der Waals surface area contributed by atoms with Crippen molar-refractivity contribution in [2.45, 2.75) is 0 Å². The monoisotopic (exact) mass is 411 g/mol. The Hall–Kier alpha value is -3.04. The molecule has 144 valence electrons. The molecule has 0 spiro atoms. The highest BCUT2D eigenvalue weighted by Gasteiger charge is 2.32. The maximum atomic E-state index is 15.2. The number of hydrogen-bond acceptors (Lipinski definition) is 1. The third kappa shape index (κ3) is 3.54. The summed E-state index contributed by atoms with van der Waals surface area (Å²) in [4.78, 5) is 3.77. The summed E-state index contributed by atoms with van der Waals surface area (Å²) in [6.07, 6.45) is 2.61. The molecule has 4 aromatic rings. The summed E-state index contributed by atoms with van der Waals surface area (Å²) >= 11 is 0. The first-order valence-corrected chi connectivity index (χ1v) is 10.1. The predicted molar refractivity (Wildman–Crippen MR) is 108 cm³/mol. The number of hydrogen-bond donors (Lipinski definition) is 0. The molecule has 0 saturated carbocycles. The second kappa shape index (κ2) is 8.14. The molecule has 1 nitrogen and oxygen atoms in total. The van der Waals surface area contributed by atoms with E-state index in [1.54, 1.807) is 60.7 Å². The minimum absolute atomic E-state index is 0.0168. The quantitative estimate of drug-likeness (QED) is 0.260. The van der Waals surface area contributed by atoms with Gasteiger partial charge in [-0.1, -0.05) is 60.7 Å². The fourth-order valence-corrected chi connectivity index (χ4v) is 5.49. The van der Waals surface area contributed by atoms with Gasteiger partial charge >= 0.3 is 0 Å². The Bertz CT molecular complexity index is 1070. The van der Waals surface area contributed by atoms with Crippen molar-refractivity contribution >= 4 is 23.8 Å². The van der Waals surface area contributed by atoms with Gasteiger partial charge in [0.15, 0.2) is 23.3 Å². The lowest BCUT2D eigenvalue weighted by atomic mass is 10.1. The van der Waals surface area contributed by atoms with Crippen LogP contribution in [0.1, 0.15) is 0 Å². The van der Waals surface area contributed by atoms with Gasteiger partial charge in [-0.05, 0) is 36.2 Å². The number of pyridine rings is 1. The smallest absolute Gasteiger partial charge is 0.170 e. The number of aromatic nitrogens is 1. The highest BCUT2D eigenvalue weighted by atomic mass is 31.1. The van der Waals surface area contributed by atoms with Crippen molar-refractivity contribution in [1.29, 1.82) is 0 Å². The lowest BCUT2D eigenvalue weighted by Gasteiger charge is -2.22. The molecule has 3 aromatic carbocycles. The van der Waals surface area contributed by atoms with E-state index in [9.17, 15) is 8.78 Å². The number of benzene rings is 3. The van der Waals surface area contributed by atoms with Gasteiger partial charge in [0.2, 0.25) is 0 Å². The summed E-state index contributed by atoms with van der Waals surface area (Å²) in [6.45, 7) is 0. The third-order valence-corrected chi connectivity index (χ3v) is 6.93. The lowest BCUT2D eigenvalue weighted by molar-refractivity contribution is 0.468. The first-order valence-electron chi connectivity index (χ1n) is 8.76. The minimum Gasteiger partial charge on any atom is -0.265 e. The van der Waals surface area contributed by atoms with E-state index < -0.39 is 42.1 Å². The van der Waals surface area contributed by atoms with Gasteiger partial charge in [0.25, 0.3) is 0 Å². The van der Waals surface area contributed by atoms with Crippen molar-refractivity contribution in [1.82, 2.24) is 4.98 Å². The van der Waals surface area contributed by atoms with E-state index in [2.05, 4.69) is 4.98 Å². The molecule has 0 unspecified atom stereocenters. The van der Waals surface area contributed by atoms with Crippen LogP contribution < -0.4 is 15.9 Å². The number of rotatable bonds is 4. The molecule has 0 amide bonds. The summed E-state index contributed by atoms with van der Waals surface area (Å²) in [5.74, 6) is -5.59. The fraction of sp³-hybridized carbons (Fsp3) is 0. The first-order chi connectivity index (χ1) is 14.1. The largest absolute Gasteiger partial charge is 0.265 e. The Kier molecular flexibility index (Phi) is 5.41. The van der Waals surface area contributed by atoms with Gasteiger partial charge < -0.3 is 0 Å². The van der Waals surface area contributed by atoms with Crippen molar-refractivity contribution in [3.63, 3.8) is 0 Å². The molecule has 1 heterocycles. The second-order valence-corrected chi connectivity index (χ2v) is 8.37. The Morgan fingerprint density at radius 3 is 1.45 bits per heavy atom. The molecule has 6 heteroatoms. The van der Waals surface area contributed by atoms with Gasteiger partial charge in [-0.25, -0.2) is 17.6 Å². The van der Waals surface area contributed by atoms with E-state index >= 15 is 8.78 Å². The molecule has 0 fully saturated rings. The van der Waals surface area contributed by atoms with Gasteiger partial charge in [0.05, 0.1) is 10.9 Å². The van der Waals surface area contributed by atoms with Crippen molar-refractivity contribution in [2.24, 2.45) is 0 Å². The van der Waals surface area contributed by atoms with Crippen LogP contribution >= 0.6 is 7.92 Å². The lowest BCUT2D eigenvalue weighted by Crippen LogP contribution is -2.28. The molecule has 0 saturated heterocycles. The molecule has 0 aliphatic carbocycles. The molecule has 0 N–H and O–H groups in total. The average Bonchev–Trinajstić information content (AvgIpc) is 2.77. The maximum Gasteiger partial charge on any atom is 0.170 e. The zero-order valence-corrected chi connectivity index (χ0v) is 15.9. The van der Waals surface area contributed by atoms with Crippen LogP contribution in [0.5, 0.6) is 0 Å². The van der Waals surface area contributed by atoms with Crippen LogP contribution in [0.3, 0.4) is 0 Å². The highest BCUT2D eigenvalue weighted by Crippen LogP contribution is 2.38. The van der Waals surface area contributed by atoms with E-state index in [0.717, 1.165) is 0 Å². The Labute approximate surface area is 166 Å². The molecule has 0 radical (unpaired) electrons. The fourth-order valence-electron chi connectivity index (χ4n) is 3.15.